The molecule has 2 aromatic rings. The third-order valence-electron chi connectivity index (χ3n) is 11.8. The molecule has 0 aliphatic carbocycles. The molecule has 0 unspecified atom stereocenters. The van der Waals surface area contributed by atoms with E-state index < -0.39 is 59.6 Å². The van der Waals surface area contributed by atoms with E-state index in [1.54, 1.807) is 29.0 Å². The Bertz CT molecular complexity index is 1660. The molecule has 11 nitrogen and oxygen atoms in total. The van der Waals surface area contributed by atoms with E-state index >= 15 is 4.79 Å². The topological polar surface area (TPSA) is 120 Å². The molecule has 8 atom stereocenters. The number of amides is 3. The summed E-state index contributed by atoms with van der Waals surface area (Å²) >= 11 is 0. The molecular weight excluding hydrogens is 684 g/mol. The Morgan fingerprint density at radius 1 is 1.02 bits per heavy atom. The van der Waals surface area contributed by atoms with Crippen molar-refractivity contribution in [3.8, 4) is 0 Å². The Morgan fingerprint density at radius 2 is 1.67 bits per heavy atom. The molecule has 3 amide bonds. The lowest BCUT2D eigenvalue weighted by Gasteiger charge is -2.40. The van der Waals surface area contributed by atoms with Gasteiger partial charge in [-0.25, -0.2) is 0 Å². The smallest absolute Gasteiger partial charge is 0.313 e. The number of anilines is 2. The lowest BCUT2D eigenvalue weighted by molar-refractivity contribution is -0.165. The number of benzene rings is 2. The van der Waals surface area contributed by atoms with Gasteiger partial charge in [0.2, 0.25) is 11.8 Å². The maximum atomic E-state index is 15.1. The van der Waals surface area contributed by atoms with E-state index in [2.05, 4.69) is 31.9 Å². The predicted molar refractivity (Wildman–Crippen MR) is 210 cm³/mol. The third kappa shape index (κ3) is 7.45. The lowest BCUT2D eigenvalue weighted by atomic mass is 9.70. The van der Waals surface area contributed by atoms with Gasteiger partial charge in [-0.05, 0) is 75.8 Å². The Labute approximate surface area is 320 Å². The summed E-state index contributed by atoms with van der Waals surface area (Å²) in [6.07, 6.45) is 3.50. The first-order valence-corrected chi connectivity index (χ1v) is 19.4. The van der Waals surface area contributed by atoms with E-state index in [1.165, 1.54) is 4.90 Å². The monoisotopic (exact) mass is 742 g/mol. The zero-order chi connectivity index (χ0) is 39.3. The second-order valence-corrected chi connectivity index (χ2v) is 15.1. The molecule has 54 heavy (non-hydrogen) atoms. The largest absolute Gasteiger partial charge is 0.455 e. The lowest BCUT2D eigenvalue weighted by Crippen LogP contribution is -2.59. The number of ether oxygens (including phenoxy) is 2. The number of fused-ring (bicyclic) bond motifs is 1. The fourth-order valence-corrected chi connectivity index (χ4v) is 8.77. The molecule has 2 aromatic carbocycles. The maximum absolute atomic E-state index is 15.1. The minimum Gasteiger partial charge on any atom is -0.455 e. The summed E-state index contributed by atoms with van der Waals surface area (Å²) in [7, 11) is 1.69. The molecule has 0 saturated carbocycles. The number of hydrogen-bond donors (Lipinski definition) is 1. The molecule has 1 N–H and O–H groups in total. The van der Waals surface area contributed by atoms with Gasteiger partial charge < -0.3 is 34.2 Å². The van der Waals surface area contributed by atoms with Crippen LogP contribution in [0.2, 0.25) is 0 Å². The van der Waals surface area contributed by atoms with Gasteiger partial charge in [-0.3, -0.25) is 19.2 Å². The second kappa shape index (κ2) is 17.3. The molecular formula is C43H58N4O7. The minimum absolute atomic E-state index is 0.111. The van der Waals surface area contributed by atoms with E-state index in [1.807, 2.05) is 75.4 Å². The van der Waals surface area contributed by atoms with E-state index in [-0.39, 0.29) is 37.3 Å². The van der Waals surface area contributed by atoms with Crippen LogP contribution >= 0.6 is 0 Å². The van der Waals surface area contributed by atoms with Crippen LogP contribution in [0.3, 0.4) is 0 Å². The van der Waals surface area contributed by atoms with Crippen LogP contribution in [0.4, 0.5) is 11.4 Å². The average molecular weight is 743 g/mol. The Kier molecular flexibility index (Phi) is 13.1. The predicted octanol–water partition coefficient (Wildman–Crippen LogP) is 5.54. The highest BCUT2D eigenvalue weighted by Crippen LogP contribution is 2.59. The number of allylic oxidation sites excluding steroid dienone is 1. The van der Waals surface area contributed by atoms with Gasteiger partial charge in [0.15, 0.2) is 0 Å². The molecule has 3 saturated heterocycles. The first-order valence-electron chi connectivity index (χ1n) is 19.4. The molecule has 3 heterocycles. The van der Waals surface area contributed by atoms with Gasteiger partial charge in [0.25, 0.3) is 5.91 Å². The highest BCUT2D eigenvalue weighted by atomic mass is 16.6. The number of hydrogen-bond acceptors (Lipinski definition) is 8. The highest BCUT2D eigenvalue weighted by Gasteiger charge is 2.76. The number of nitrogens with zero attached hydrogens (tertiary/aromatic N) is 4. The molecule has 5 rings (SSSR count). The molecule has 3 aliphatic heterocycles. The summed E-state index contributed by atoms with van der Waals surface area (Å²) < 4.78 is 13.1. The van der Waals surface area contributed by atoms with Crippen LogP contribution < -0.4 is 9.80 Å². The van der Waals surface area contributed by atoms with Crippen molar-refractivity contribution >= 4 is 35.1 Å². The normalized spacial score (nSPS) is 24.4. The van der Waals surface area contributed by atoms with Crippen LogP contribution in [0.5, 0.6) is 0 Å². The van der Waals surface area contributed by atoms with Crippen LogP contribution in [-0.2, 0) is 28.7 Å². The molecule has 11 heteroatoms. The van der Waals surface area contributed by atoms with Gasteiger partial charge in [0, 0.05) is 44.5 Å². The minimum atomic E-state index is -1.31. The van der Waals surface area contributed by atoms with Gasteiger partial charge in [0.05, 0.1) is 36.6 Å². The SMILES string of the molecule is C=CCCC(=O)N(C)[C@H](C)[C@H](OC(=O)[C@@H]1[C@H]2C(=O)N([C@@H](CO)C(C)C)[C@H](C(=O)N(CC=C)c3ccc(N(CC)CC)cc3)[C@]23CC[C@H]1O3)c1ccccc1. The van der Waals surface area contributed by atoms with Gasteiger partial charge in [-0.2, -0.15) is 0 Å². The first kappa shape index (κ1) is 40.7. The Hall–Kier alpha value is -4.48. The fraction of sp³-hybridized carbons (Fsp3) is 0.535. The van der Waals surface area contributed by atoms with Gasteiger partial charge in [0.1, 0.15) is 17.7 Å². The number of aliphatic hydroxyl groups excluding tert-OH is 1. The molecule has 292 valence electrons. The molecule has 0 aromatic heterocycles. The van der Waals surface area contributed by atoms with Crippen molar-refractivity contribution in [2.75, 3.05) is 43.1 Å². The van der Waals surface area contributed by atoms with Crippen LogP contribution in [0.1, 0.15) is 72.0 Å². The number of carbonyl (C=O) groups excluding carboxylic acids is 4. The van der Waals surface area contributed by atoms with Crippen molar-refractivity contribution in [2.45, 2.75) is 96.2 Å². The van der Waals surface area contributed by atoms with Crippen molar-refractivity contribution in [1.82, 2.24) is 9.80 Å². The van der Waals surface area contributed by atoms with E-state index in [0.29, 0.717) is 30.5 Å². The van der Waals surface area contributed by atoms with Crippen molar-refractivity contribution < 1.29 is 33.8 Å². The molecule has 2 bridgehead atoms. The van der Waals surface area contributed by atoms with E-state index in [9.17, 15) is 19.5 Å². The Balaban J connectivity index is 1.52. The van der Waals surface area contributed by atoms with Crippen LogP contribution in [-0.4, -0.2) is 102 Å². The van der Waals surface area contributed by atoms with Gasteiger partial charge in [-0.1, -0.05) is 56.3 Å². The number of likely N-dealkylation sites (N-methyl/N-ethyl adjacent to an activating group) is 1. The summed E-state index contributed by atoms with van der Waals surface area (Å²) in [6, 6.07) is 14.7. The maximum Gasteiger partial charge on any atom is 0.313 e. The number of rotatable bonds is 18. The van der Waals surface area contributed by atoms with Crippen LogP contribution in [0.15, 0.2) is 79.9 Å². The number of aliphatic hydroxyl groups is 1. The molecule has 1 spiro atoms. The zero-order valence-electron chi connectivity index (χ0n) is 32.7. The van der Waals surface area contributed by atoms with Crippen molar-refractivity contribution in [1.29, 1.82) is 0 Å². The molecule has 3 fully saturated rings. The number of esters is 1. The zero-order valence-corrected chi connectivity index (χ0v) is 32.7. The summed E-state index contributed by atoms with van der Waals surface area (Å²) in [6.45, 7) is 19.0. The summed E-state index contributed by atoms with van der Waals surface area (Å²) in [5.74, 6) is -3.67. The number of likely N-dealkylation sites (tertiary alicyclic amines) is 1. The molecule has 0 radical (unpaired) electrons. The summed E-state index contributed by atoms with van der Waals surface area (Å²) in [5, 5.41) is 10.7. The van der Waals surface area contributed by atoms with Crippen LogP contribution in [0, 0.1) is 17.8 Å². The van der Waals surface area contributed by atoms with Crippen molar-refractivity contribution in [2.24, 2.45) is 17.8 Å². The second-order valence-electron chi connectivity index (χ2n) is 15.1. The third-order valence-corrected chi connectivity index (χ3v) is 11.8. The highest BCUT2D eigenvalue weighted by molar-refractivity contribution is 6.05. The fourth-order valence-electron chi connectivity index (χ4n) is 8.77. The average Bonchev–Trinajstić information content (AvgIpc) is 3.83. The summed E-state index contributed by atoms with van der Waals surface area (Å²) in [5.41, 5.74) is 1.07. The van der Waals surface area contributed by atoms with Crippen molar-refractivity contribution in [3.05, 3.63) is 85.5 Å². The van der Waals surface area contributed by atoms with E-state index in [0.717, 1.165) is 18.8 Å². The van der Waals surface area contributed by atoms with Crippen molar-refractivity contribution in [3.63, 3.8) is 0 Å². The molecule has 3 aliphatic rings. The first-order chi connectivity index (χ1) is 25.9. The quantitative estimate of drug-likeness (QED) is 0.156. The Morgan fingerprint density at radius 3 is 2.24 bits per heavy atom. The van der Waals surface area contributed by atoms with E-state index in [4.69, 9.17) is 9.47 Å². The van der Waals surface area contributed by atoms with Gasteiger partial charge >= 0.3 is 5.97 Å². The van der Waals surface area contributed by atoms with Crippen LogP contribution in [0.25, 0.3) is 0 Å². The number of carbonyl (C=O) groups is 4. The summed E-state index contributed by atoms with van der Waals surface area (Å²) in [4.78, 5) is 64.5. The standard InChI is InChI=1S/C43H58N4O7/c1-9-13-19-35(49)44(8)29(7)38(30-17-15-14-16-18-30)53-42(52)36-34-24-25-43(54-34)37(36)40(50)47(33(27-48)28(5)6)39(43)41(51)46(26-10-2)32-22-20-31(21-23-32)45(11-3)12-4/h9-10,14-18,20-23,28-29,33-34,36-39,48H,1-2,11-13,19,24-27H2,3-8H3/t29-,33+,34-,36+,37+,38+,39-,43+/m1/s1. The van der Waals surface area contributed by atoms with Gasteiger partial charge in [-0.15, -0.1) is 13.2 Å².